The smallest absolute Gasteiger partial charge is 0.0295 e. The molecular weight excluding hydrogens is 214 g/mol. The molecule has 0 aliphatic heterocycles. The van der Waals surface area contributed by atoms with Gasteiger partial charge in [-0.3, -0.25) is 0 Å². The Kier molecular flexibility index (Phi) is 3.29. The Hall–Kier alpha value is -0.340. The third kappa shape index (κ3) is 2.08. The molecule has 1 rings (SSSR count). The number of benzene rings is 1. The lowest BCUT2D eigenvalue weighted by Gasteiger charge is -2.12. The highest BCUT2D eigenvalue weighted by Gasteiger charge is 2.06. The van der Waals surface area contributed by atoms with Crippen molar-refractivity contribution in [2.24, 2.45) is 5.73 Å². The molecule has 1 aromatic rings. The molecule has 0 saturated carbocycles. The molecule has 0 amide bonds. The Bertz CT molecular complexity index is 271. The van der Waals surface area contributed by atoms with Crippen LogP contribution >= 0.6 is 15.9 Å². The summed E-state index contributed by atoms with van der Waals surface area (Å²) in [5.74, 6) is 0. The summed E-state index contributed by atoms with van der Waals surface area (Å²) in [7, 11) is 0. The fraction of sp³-hybridized carbons (Fsp3) is 0.400. The van der Waals surface area contributed by atoms with Gasteiger partial charge in [0, 0.05) is 10.5 Å². The highest BCUT2D eigenvalue weighted by molar-refractivity contribution is 9.10. The van der Waals surface area contributed by atoms with E-state index in [9.17, 15) is 0 Å². The third-order valence-corrected chi connectivity index (χ3v) is 2.57. The van der Waals surface area contributed by atoms with E-state index < -0.39 is 0 Å². The van der Waals surface area contributed by atoms with Gasteiger partial charge < -0.3 is 5.73 Å². The van der Waals surface area contributed by atoms with Crippen LogP contribution in [0.1, 0.15) is 30.5 Å². The second-order valence-electron chi connectivity index (χ2n) is 3.02. The first-order valence-corrected chi connectivity index (χ1v) is 4.96. The van der Waals surface area contributed by atoms with Gasteiger partial charge in [-0.15, -0.1) is 0 Å². The van der Waals surface area contributed by atoms with Crippen molar-refractivity contribution in [3.05, 3.63) is 33.8 Å². The molecule has 0 spiro atoms. The summed E-state index contributed by atoms with van der Waals surface area (Å²) in [6.45, 7) is 4.20. The van der Waals surface area contributed by atoms with Gasteiger partial charge in [0.2, 0.25) is 0 Å². The van der Waals surface area contributed by atoms with Crippen LogP contribution in [0.3, 0.4) is 0 Å². The van der Waals surface area contributed by atoms with Gasteiger partial charge in [0.15, 0.2) is 0 Å². The molecule has 2 N–H and O–H groups in total. The predicted octanol–water partition coefficient (Wildman–Crippen LogP) is 3.17. The van der Waals surface area contributed by atoms with Gasteiger partial charge in [-0.1, -0.05) is 28.9 Å². The fourth-order valence-electron chi connectivity index (χ4n) is 1.23. The zero-order valence-corrected chi connectivity index (χ0v) is 9.06. The highest BCUT2D eigenvalue weighted by Crippen LogP contribution is 2.22. The van der Waals surface area contributed by atoms with Crippen LogP contribution in [0.2, 0.25) is 0 Å². The van der Waals surface area contributed by atoms with Gasteiger partial charge in [0.05, 0.1) is 0 Å². The van der Waals surface area contributed by atoms with E-state index in [0.29, 0.717) is 0 Å². The molecule has 1 atom stereocenters. The topological polar surface area (TPSA) is 26.0 Å². The van der Waals surface area contributed by atoms with E-state index in [-0.39, 0.29) is 6.04 Å². The lowest BCUT2D eigenvalue weighted by Crippen LogP contribution is -2.10. The largest absolute Gasteiger partial charge is 0.324 e. The Morgan fingerprint density at radius 2 is 2.17 bits per heavy atom. The quantitative estimate of drug-likeness (QED) is 0.826. The first kappa shape index (κ1) is 9.75. The number of aryl methyl sites for hydroxylation is 1. The summed E-state index contributed by atoms with van der Waals surface area (Å²) in [4.78, 5) is 0. The van der Waals surface area contributed by atoms with E-state index >= 15 is 0 Å². The average Bonchev–Trinajstić information content (AvgIpc) is 2.08. The predicted molar refractivity (Wildman–Crippen MR) is 56.1 cm³/mol. The summed E-state index contributed by atoms with van der Waals surface area (Å²) < 4.78 is 1.10. The first-order chi connectivity index (χ1) is 5.65. The Morgan fingerprint density at radius 3 is 2.75 bits per heavy atom. The molecule has 0 bridgehead atoms. The monoisotopic (exact) mass is 227 g/mol. The zero-order chi connectivity index (χ0) is 9.14. The van der Waals surface area contributed by atoms with Crippen molar-refractivity contribution in [1.29, 1.82) is 0 Å². The molecule has 1 nitrogen and oxygen atoms in total. The standard InChI is InChI=1S/C10H14BrN/c1-3-10(12)9-6-8(11)5-4-7(9)2/h4-6,10H,3,12H2,1-2H3/t10-/m0/s1. The minimum Gasteiger partial charge on any atom is -0.324 e. The molecule has 0 aliphatic carbocycles. The molecule has 0 aliphatic rings. The second-order valence-corrected chi connectivity index (χ2v) is 3.93. The molecule has 1 aromatic carbocycles. The van der Waals surface area contributed by atoms with Crippen LogP contribution in [0.4, 0.5) is 0 Å². The van der Waals surface area contributed by atoms with E-state index in [2.05, 4.69) is 41.9 Å². The molecular formula is C10H14BrN. The van der Waals surface area contributed by atoms with Crippen molar-refractivity contribution >= 4 is 15.9 Å². The Labute approximate surface area is 82.1 Å². The van der Waals surface area contributed by atoms with Gasteiger partial charge >= 0.3 is 0 Å². The van der Waals surface area contributed by atoms with Gasteiger partial charge in [-0.2, -0.15) is 0 Å². The van der Waals surface area contributed by atoms with Crippen LogP contribution in [0.15, 0.2) is 22.7 Å². The maximum Gasteiger partial charge on any atom is 0.0295 e. The van der Waals surface area contributed by atoms with E-state index in [4.69, 9.17) is 5.73 Å². The Balaban J connectivity index is 3.04. The van der Waals surface area contributed by atoms with Gasteiger partial charge in [-0.25, -0.2) is 0 Å². The molecule has 0 radical (unpaired) electrons. The molecule has 0 unspecified atom stereocenters. The van der Waals surface area contributed by atoms with Gasteiger partial charge in [0.25, 0.3) is 0 Å². The summed E-state index contributed by atoms with van der Waals surface area (Å²) >= 11 is 3.44. The van der Waals surface area contributed by atoms with Crippen molar-refractivity contribution in [1.82, 2.24) is 0 Å². The third-order valence-electron chi connectivity index (χ3n) is 2.08. The van der Waals surface area contributed by atoms with E-state index in [0.717, 1.165) is 10.9 Å². The number of nitrogens with two attached hydrogens (primary N) is 1. The molecule has 0 saturated heterocycles. The van der Waals surface area contributed by atoms with Crippen LogP contribution in [-0.2, 0) is 0 Å². The maximum atomic E-state index is 5.94. The van der Waals surface area contributed by atoms with Crippen LogP contribution in [0.25, 0.3) is 0 Å². The summed E-state index contributed by atoms with van der Waals surface area (Å²) in [6.07, 6.45) is 0.983. The molecule has 0 fully saturated rings. The first-order valence-electron chi connectivity index (χ1n) is 4.16. The molecule has 0 heterocycles. The summed E-state index contributed by atoms with van der Waals surface area (Å²) in [5.41, 5.74) is 8.46. The number of hydrogen-bond donors (Lipinski definition) is 1. The zero-order valence-electron chi connectivity index (χ0n) is 7.47. The number of halogens is 1. The average molecular weight is 228 g/mol. The van der Waals surface area contributed by atoms with Gasteiger partial charge in [0.1, 0.15) is 0 Å². The van der Waals surface area contributed by atoms with Crippen LogP contribution in [0, 0.1) is 6.92 Å². The second kappa shape index (κ2) is 4.06. The number of rotatable bonds is 2. The molecule has 0 aromatic heterocycles. The summed E-state index contributed by atoms with van der Waals surface area (Å²) in [6, 6.07) is 6.40. The van der Waals surface area contributed by atoms with Crippen molar-refractivity contribution < 1.29 is 0 Å². The molecule has 2 heteroatoms. The minimum atomic E-state index is 0.169. The fourth-order valence-corrected chi connectivity index (χ4v) is 1.61. The number of hydrogen-bond acceptors (Lipinski definition) is 1. The van der Waals surface area contributed by atoms with Crippen LogP contribution in [-0.4, -0.2) is 0 Å². The van der Waals surface area contributed by atoms with Crippen LogP contribution in [0.5, 0.6) is 0 Å². The van der Waals surface area contributed by atoms with Crippen molar-refractivity contribution in [2.45, 2.75) is 26.3 Å². The normalized spacial score (nSPS) is 13.0. The van der Waals surface area contributed by atoms with Crippen molar-refractivity contribution in [2.75, 3.05) is 0 Å². The minimum absolute atomic E-state index is 0.169. The van der Waals surface area contributed by atoms with E-state index in [1.165, 1.54) is 11.1 Å². The van der Waals surface area contributed by atoms with E-state index in [1.54, 1.807) is 0 Å². The molecule has 66 valence electrons. The summed E-state index contributed by atoms with van der Waals surface area (Å²) in [5, 5.41) is 0. The van der Waals surface area contributed by atoms with Crippen molar-refractivity contribution in [3.8, 4) is 0 Å². The highest BCUT2D eigenvalue weighted by atomic mass is 79.9. The van der Waals surface area contributed by atoms with Gasteiger partial charge in [-0.05, 0) is 36.6 Å². The van der Waals surface area contributed by atoms with E-state index in [1.807, 2.05) is 6.07 Å². The molecule has 12 heavy (non-hydrogen) atoms. The Morgan fingerprint density at radius 1 is 1.50 bits per heavy atom. The lowest BCUT2D eigenvalue weighted by molar-refractivity contribution is 0.693. The lowest BCUT2D eigenvalue weighted by atomic mass is 10.0. The SMILES string of the molecule is CC[C@H](N)c1cc(Br)ccc1C. The maximum absolute atomic E-state index is 5.94. The van der Waals surface area contributed by atoms with Crippen molar-refractivity contribution in [3.63, 3.8) is 0 Å². The van der Waals surface area contributed by atoms with Crippen LogP contribution < -0.4 is 5.73 Å².